The second-order valence-electron chi connectivity index (χ2n) is 5.60. The minimum absolute atomic E-state index is 0.278. The molecular formula is C17H18F3NO7. The maximum Gasteiger partial charge on any atom is 0.328 e. The number of hydrogen-bond acceptors (Lipinski definition) is 7. The summed E-state index contributed by atoms with van der Waals surface area (Å²) in [5.74, 6) is -11.9. The van der Waals surface area contributed by atoms with E-state index in [0.717, 1.165) is 21.3 Å². The van der Waals surface area contributed by atoms with Crippen LogP contribution in [-0.4, -0.2) is 51.2 Å². The molecule has 0 aromatic heterocycles. The summed E-state index contributed by atoms with van der Waals surface area (Å²) in [7, 11) is 2.93. The van der Waals surface area contributed by atoms with Gasteiger partial charge in [0.1, 0.15) is 29.1 Å². The number of carbonyl (C=O) groups is 4. The van der Waals surface area contributed by atoms with Gasteiger partial charge in [0.25, 0.3) is 5.91 Å². The van der Waals surface area contributed by atoms with Gasteiger partial charge in [-0.2, -0.15) is 0 Å². The molecule has 11 heteroatoms. The van der Waals surface area contributed by atoms with E-state index >= 15 is 0 Å². The average Bonchev–Trinajstić information content (AvgIpc) is 2.64. The van der Waals surface area contributed by atoms with E-state index in [0.29, 0.717) is 0 Å². The molecule has 28 heavy (non-hydrogen) atoms. The van der Waals surface area contributed by atoms with Crippen molar-refractivity contribution in [1.82, 2.24) is 5.32 Å². The molecular weight excluding hydrogens is 387 g/mol. The quantitative estimate of drug-likeness (QED) is 0.409. The van der Waals surface area contributed by atoms with E-state index in [-0.39, 0.29) is 12.1 Å². The van der Waals surface area contributed by atoms with Crippen molar-refractivity contribution in [2.45, 2.75) is 13.0 Å². The van der Waals surface area contributed by atoms with Crippen molar-refractivity contribution in [1.29, 1.82) is 0 Å². The molecule has 0 aliphatic carbocycles. The van der Waals surface area contributed by atoms with Crippen LogP contribution in [0.1, 0.15) is 17.3 Å². The van der Waals surface area contributed by atoms with Crippen LogP contribution in [0.4, 0.5) is 13.2 Å². The fourth-order valence-corrected chi connectivity index (χ4v) is 2.48. The standard InChI is InChI=1S/C17H18F3NO7/c1-7(11(15(23)26-2)16(24)27-3)13(17(25)28-4)21-14(22)12-9(19)5-8(18)6-10(12)20/h5-7,11,13H,1-4H3,(H,21,22)/t7-,13-/m1/s1. The van der Waals surface area contributed by atoms with Gasteiger partial charge in [0.15, 0.2) is 5.92 Å². The lowest BCUT2D eigenvalue weighted by Gasteiger charge is -2.27. The first-order valence-corrected chi connectivity index (χ1v) is 7.77. The number of halogens is 3. The zero-order valence-corrected chi connectivity index (χ0v) is 15.4. The van der Waals surface area contributed by atoms with Gasteiger partial charge in [0.2, 0.25) is 0 Å². The van der Waals surface area contributed by atoms with Gasteiger partial charge in [-0.3, -0.25) is 14.4 Å². The molecule has 8 nitrogen and oxygen atoms in total. The molecule has 0 aliphatic rings. The van der Waals surface area contributed by atoms with Gasteiger partial charge in [-0.15, -0.1) is 0 Å². The molecule has 0 saturated carbocycles. The minimum atomic E-state index is -1.69. The summed E-state index contributed by atoms with van der Waals surface area (Å²) in [6, 6.07) is -1.13. The lowest BCUT2D eigenvalue weighted by molar-refractivity contribution is -0.163. The summed E-state index contributed by atoms with van der Waals surface area (Å²) in [5, 5.41) is 1.99. The van der Waals surface area contributed by atoms with Gasteiger partial charge in [-0.1, -0.05) is 6.92 Å². The number of rotatable bonds is 7. The SMILES string of the molecule is COC(=O)C(C(=O)OC)[C@@H](C)[C@@H](NC(=O)c1c(F)cc(F)cc1F)C(=O)OC. The molecule has 0 bridgehead atoms. The smallest absolute Gasteiger partial charge is 0.328 e. The van der Waals surface area contributed by atoms with Crippen LogP contribution < -0.4 is 5.32 Å². The van der Waals surface area contributed by atoms with Crippen LogP contribution in [0.25, 0.3) is 0 Å². The van der Waals surface area contributed by atoms with Crippen LogP contribution in [0.3, 0.4) is 0 Å². The molecule has 0 heterocycles. The van der Waals surface area contributed by atoms with Crippen molar-refractivity contribution < 1.29 is 46.6 Å². The second kappa shape index (κ2) is 9.72. The fourth-order valence-electron chi connectivity index (χ4n) is 2.48. The predicted octanol–water partition coefficient (Wildman–Crippen LogP) is 0.974. The Hall–Kier alpha value is -3.11. The molecule has 154 valence electrons. The zero-order valence-electron chi connectivity index (χ0n) is 15.4. The van der Waals surface area contributed by atoms with Crippen molar-refractivity contribution in [2.75, 3.05) is 21.3 Å². The first-order chi connectivity index (χ1) is 13.1. The molecule has 1 amide bonds. The number of methoxy groups -OCH3 is 3. The number of carbonyl (C=O) groups excluding carboxylic acids is 4. The minimum Gasteiger partial charge on any atom is -0.468 e. The third-order valence-electron chi connectivity index (χ3n) is 3.94. The van der Waals surface area contributed by atoms with Gasteiger partial charge >= 0.3 is 17.9 Å². The van der Waals surface area contributed by atoms with E-state index in [1.54, 1.807) is 0 Å². The molecule has 1 aromatic rings. The van der Waals surface area contributed by atoms with E-state index in [1.165, 1.54) is 6.92 Å². The third-order valence-corrected chi connectivity index (χ3v) is 3.94. The van der Waals surface area contributed by atoms with Crippen molar-refractivity contribution in [3.8, 4) is 0 Å². The Kier molecular flexibility index (Phi) is 7.96. The van der Waals surface area contributed by atoms with Crippen LogP contribution in [0, 0.1) is 29.3 Å². The summed E-state index contributed by atoms with van der Waals surface area (Å²) in [6.45, 7) is 1.22. The fraction of sp³-hybridized carbons (Fsp3) is 0.412. The van der Waals surface area contributed by atoms with E-state index in [1.807, 2.05) is 5.32 Å². The second-order valence-corrected chi connectivity index (χ2v) is 5.60. The van der Waals surface area contributed by atoms with Crippen molar-refractivity contribution >= 4 is 23.8 Å². The Morgan fingerprint density at radius 3 is 1.68 bits per heavy atom. The number of hydrogen-bond donors (Lipinski definition) is 1. The highest BCUT2D eigenvalue weighted by atomic mass is 19.1. The molecule has 1 rings (SSSR count). The Bertz CT molecular complexity index is 745. The average molecular weight is 405 g/mol. The molecule has 1 N–H and O–H groups in total. The van der Waals surface area contributed by atoms with Crippen molar-refractivity contribution in [3.63, 3.8) is 0 Å². The van der Waals surface area contributed by atoms with Gasteiger partial charge in [-0.25, -0.2) is 18.0 Å². The van der Waals surface area contributed by atoms with Gasteiger partial charge in [-0.05, 0) is 0 Å². The maximum atomic E-state index is 13.8. The highest BCUT2D eigenvalue weighted by Crippen LogP contribution is 2.22. The highest BCUT2D eigenvalue weighted by Gasteiger charge is 2.42. The summed E-state index contributed by atoms with van der Waals surface area (Å²) in [6.07, 6.45) is 0. The van der Waals surface area contributed by atoms with Crippen LogP contribution in [-0.2, 0) is 28.6 Å². The number of benzene rings is 1. The first-order valence-electron chi connectivity index (χ1n) is 7.77. The van der Waals surface area contributed by atoms with Gasteiger partial charge in [0.05, 0.1) is 21.3 Å². The summed E-state index contributed by atoms with van der Waals surface area (Å²) < 4.78 is 54.2. The van der Waals surface area contributed by atoms with E-state index < -0.39 is 64.7 Å². The molecule has 0 aliphatic heterocycles. The predicted molar refractivity (Wildman–Crippen MR) is 86.3 cm³/mol. The zero-order chi connectivity index (χ0) is 21.6. The topological polar surface area (TPSA) is 108 Å². The Balaban J connectivity index is 3.28. The Morgan fingerprint density at radius 1 is 0.857 bits per heavy atom. The Labute approximate surface area is 157 Å². The normalized spacial score (nSPS) is 12.7. The molecule has 1 aromatic carbocycles. The molecule has 0 spiro atoms. The highest BCUT2D eigenvalue weighted by molar-refractivity contribution is 5.99. The van der Waals surface area contributed by atoms with Crippen molar-refractivity contribution in [3.05, 3.63) is 35.1 Å². The van der Waals surface area contributed by atoms with Crippen LogP contribution >= 0.6 is 0 Å². The maximum absolute atomic E-state index is 13.8. The number of ether oxygens (including phenoxy) is 3. The molecule has 0 radical (unpaired) electrons. The lowest BCUT2D eigenvalue weighted by Crippen LogP contribution is -2.51. The number of amides is 1. The largest absolute Gasteiger partial charge is 0.468 e. The Morgan fingerprint density at radius 2 is 1.29 bits per heavy atom. The van der Waals surface area contributed by atoms with Gasteiger partial charge in [0, 0.05) is 18.1 Å². The number of esters is 3. The van der Waals surface area contributed by atoms with Gasteiger partial charge < -0.3 is 19.5 Å². The lowest BCUT2D eigenvalue weighted by atomic mass is 9.87. The van der Waals surface area contributed by atoms with Crippen molar-refractivity contribution in [2.24, 2.45) is 11.8 Å². The number of nitrogens with one attached hydrogen (secondary N) is 1. The van der Waals surface area contributed by atoms with E-state index in [9.17, 15) is 32.3 Å². The van der Waals surface area contributed by atoms with E-state index in [4.69, 9.17) is 0 Å². The van der Waals surface area contributed by atoms with Crippen LogP contribution in [0.15, 0.2) is 12.1 Å². The molecule has 0 fully saturated rings. The van der Waals surface area contributed by atoms with Crippen LogP contribution in [0.2, 0.25) is 0 Å². The summed E-state index contributed by atoms with van der Waals surface area (Å²) in [5.41, 5.74) is -1.16. The summed E-state index contributed by atoms with van der Waals surface area (Å²) >= 11 is 0. The first kappa shape index (κ1) is 22.9. The van der Waals surface area contributed by atoms with E-state index in [2.05, 4.69) is 14.2 Å². The molecule has 2 atom stereocenters. The van der Waals surface area contributed by atoms with Crippen LogP contribution in [0.5, 0.6) is 0 Å². The monoisotopic (exact) mass is 405 g/mol. The molecule has 0 unspecified atom stereocenters. The summed E-state index contributed by atoms with van der Waals surface area (Å²) in [4.78, 5) is 48.2. The molecule has 0 saturated heterocycles. The third kappa shape index (κ3) is 4.99.